The molecule has 18 heavy (non-hydrogen) atoms. The van der Waals surface area contributed by atoms with Gasteiger partial charge in [-0.2, -0.15) is 0 Å². The summed E-state index contributed by atoms with van der Waals surface area (Å²) in [5.41, 5.74) is -0.771. The average molecular weight is 269 g/mol. The van der Waals surface area contributed by atoms with Gasteiger partial charge in [0.25, 0.3) is 0 Å². The number of carboxylic acids is 1. The summed E-state index contributed by atoms with van der Waals surface area (Å²) in [4.78, 5) is 14.8. The van der Waals surface area contributed by atoms with Gasteiger partial charge in [-0.3, -0.25) is 9.69 Å². The van der Waals surface area contributed by atoms with E-state index in [1.165, 1.54) is 11.3 Å². The highest BCUT2D eigenvalue weighted by atomic mass is 32.1. The molecule has 1 atom stereocenters. The summed E-state index contributed by atoms with van der Waals surface area (Å²) in [5.74, 6) is -0.738. The number of ether oxygens (including phenoxy) is 1. The molecule has 0 saturated carbocycles. The lowest BCUT2D eigenvalue weighted by Gasteiger charge is -2.30. The lowest BCUT2D eigenvalue weighted by Crippen LogP contribution is -2.41. The van der Waals surface area contributed by atoms with E-state index in [1.807, 2.05) is 24.4 Å². The Morgan fingerprint density at radius 1 is 1.56 bits per heavy atom. The predicted molar refractivity (Wildman–Crippen MR) is 71.2 cm³/mol. The summed E-state index contributed by atoms with van der Waals surface area (Å²) in [5, 5.41) is 11.4. The predicted octanol–water partition coefficient (Wildman–Crippen LogP) is 1.81. The van der Waals surface area contributed by atoms with Crippen molar-refractivity contribution >= 4 is 17.3 Å². The van der Waals surface area contributed by atoms with Crippen LogP contribution >= 0.6 is 11.3 Å². The van der Waals surface area contributed by atoms with Crippen LogP contribution in [0.1, 0.15) is 18.2 Å². The SMILES string of the molecule is CC(CCN1CCOCC1)(C(=O)O)c1cccs1. The second-order valence-corrected chi connectivity index (χ2v) is 5.77. The Morgan fingerprint density at radius 3 is 2.83 bits per heavy atom. The fraction of sp³-hybridized carbons (Fsp3) is 0.615. The van der Waals surface area contributed by atoms with Gasteiger partial charge in [-0.1, -0.05) is 6.07 Å². The van der Waals surface area contributed by atoms with Crippen molar-refractivity contribution in [3.8, 4) is 0 Å². The Bertz CT molecular complexity index is 387. The molecule has 1 fully saturated rings. The van der Waals surface area contributed by atoms with Crippen LogP contribution in [0.5, 0.6) is 0 Å². The average Bonchev–Trinajstić information content (AvgIpc) is 2.91. The van der Waals surface area contributed by atoms with E-state index in [4.69, 9.17) is 4.74 Å². The van der Waals surface area contributed by atoms with E-state index < -0.39 is 11.4 Å². The molecule has 5 heteroatoms. The molecule has 1 aromatic heterocycles. The van der Waals surface area contributed by atoms with Gasteiger partial charge >= 0.3 is 5.97 Å². The summed E-state index contributed by atoms with van der Waals surface area (Å²) >= 11 is 1.52. The number of morpholine rings is 1. The molecule has 1 aromatic rings. The van der Waals surface area contributed by atoms with Crippen molar-refractivity contribution in [2.45, 2.75) is 18.8 Å². The molecular formula is C13H19NO3S. The number of rotatable bonds is 5. The van der Waals surface area contributed by atoms with Crippen LogP contribution in [0.3, 0.4) is 0 Å². The van der Waals surface area contributed by atoms with Gasteiger partial charge in [0.05, 0.1) is 13.2 Å². The van der Waals surface area contributed by atoms with E-state index in [1.54, 1.807) is 0 Å². The van der Waals surface area contributed by atoms with Crippen LogP contribution in [0.4, 0.5) is 0 Å². The molecule has 1 aliphatic rings. The normalized spacial score (nSPS) is 20.5. The summed E-state index contributed by atoms with van der Waals surface area (Å²) in [6.07, 6.45) is 0.642. The molecule has 0 radical (unpaired) electrons. The second-order valence-electron chi connectivity index (χ2n) is 4.82. The molecule has 0 spiro atoms. The van der Waals surface area contributed by atoms with Gasteiger partial charge in [0, 0.05) is 18.0 Å². The molecule has 0 amide bonds. The van der Waals surface area contributed by atoms with E-state index >= 15 is 0 Å². The third kappa shape index (κ3) is 2.91. The first-order valence-corrected chi connectivity index (χ1v) is 7.08. The molecule has 1 aliphatic heterocycles. The van der Waals surface area contributed by atoms with Crippen molar-refractivity contribution in [1.29, 1.82) is 0 Å². The van der Waals surface area contributed by atoms with Crippen LogP contribution in [0.15, 0.2) is 17.5 Å². The van der Waals surface area contributed by atoms with E-state index in [2.05, 4.69) is 4.90 Å². The highest BCUT2D eigenvalue weighted by molar-refractivity contribution is 7.10. The maximum absolute atomic E-state index is 11.6. The van der Waals surface area contributed by atoms with Crippen LogP contribution in [0.2, 0.25) is 0 Å². The molecule has 0 aromatic carbocycles. The highest BCUT2D eigenvalue weighted by Gasteiger charge is 2.36. The quantitative estimate of drug-likeness (QED) is 0.885. The van der Waals surface area contributed by atoms with Crippen molar-refractivity contribution in [2.24, 2.45) is 0 Å². The fourth-order valence-corrected chi connectivity index (χ4v) is 3.04. The van der Waals surface area contributed by atoms with Gasteiger partial charge in [-0.25, -0.2) is 0 Å². The van der Waals surface area contributed by atoms with Crippen LogP contribution in [-0.4, -0.2) is 48.8 Å². The third-order valence-electron chi connectivity index (χ3n) is 3.57. The molecule has 2 heterocycles. The van der Waals surface area contributed by atoms with Crippen molar-refractivity contribution in [2.75, 3.05) is 32.8 Å². The molecule has 1 unspecified atom stereocenters. The minimum Gasteiger partial charge on any atom is -0.481 e. The smallest absolute Gasteiger partial charge is 0.314 e. The van der Waals surface area contributed by atoms with E-state index in [-0.39, 0.29) is 0 Å². The van der Waals surface area contributed by atoms with Crippen LogP contribution in [-0.2, 0) is 14.9 Å². The zero-order valence-electron chi connectivity index (χ0n) is 10.6. The maximum Gasteiger partial charge on any atom is 0.314 e. The summed E-state index contributed by atoms with van der Waals surface area (Å²) < 4.78 is 5.30. The highest BCUT2D eigenvalue weighted by Crippen LogP contribution is 2.32. The third-order valence-corrected chi connectivity index (χ3v) is 4.70. The summed E-state index contributed by atoms with van der Waals surface area (Å²) in [6, 6.07) is 3.83. The van der Waals surface area contributed by atoms with Crippen LogP contribution < -0.4 is 0 Å². The van der Waals surface area contributed by atoms with Gasteiger partial charge in [0.15, 0.2) is 0 Å². The van der Waals surface area contributed by atoms with Crippen molar-refractivity contribution in [1.82, 2.24) is 4.90 Å². The maximum atomic E-state index is 11.6. The van der Waals surface area contributed by atoms with E-state index in [0.717, 1.165) is 37.7 Å². The molecule has 1 saturated heterocycles. The zero-order chi connectivity index (χ0) is 13.0. The standard InChI is InChI=1S/C13H19NO3S/c1-13(12(15)16,11-3-2-10-18-11)4-5-14-6-8-17-9-7-14/h2-3,10H,4-9H2,1H3,(H,15,16). The van der Waals surface area contributed by atoms with Gasteiger partial charge in [-0.15, -0.1) is 11.3 Å². The summed E-state index contributed by atoms with van der Waals surface area (Å²) in [6.45, 7) is 5.94. The largest absolute Gasteiger partial charge is 0.481 e. The van der Waals surface area contributed by atoms with Gasteiger partial charge in [0.2, 0.25) is 0 Å². The van der Waals surface area contributed by atoms with Crippen molar-refractivity contribution in [3.05, 3.63) is 22.4 Å². The Kier molecular flexibility index (Phi) is 4.37. The van der Waals surface area contributed by atoms with Crippen LogP contribution in [0.25, 0.3) is 0 Å². The first-order valence-electron chi connectivity index (χ1n) is 6.20. The van der Waals surface area contributed by atoms with Gasteiger partial charge in [-0.05, 0) is 31.3 Å². The molecule has 0 bridgehead atoms. The molecule has 100 valence electrons. The van der Waals surface area contributed by atoms with E-state index in [9.17, 15) is 9.90 Å². The Hall–Kier alpha value is -0.910. The monoisotopic (exact) mass is 269 g/mol. The number of carboxylic acid groups (broad SMARTS) is 1. The Balaban J connectivity index is 2.00. The zero-order valence-corrected chi connectivity index (χ0v) is 11.4. The molecule has 0 aliphatic carbocycles. The Morgan fingerprint density at radius 2 is 2.28 bits per heavy atom. The lowest BCUT2D eigenvalue weighted by atomic mass is 9.85. The number of carbonyl (C=O) groups is 1. The van der Waals surface area contributed by atoms with Crippen molar-refractivity contribution in [3.63, 3.8) is 0 Å². The summed E-state index contributed by atoms with van der Waals surface area (Å²) in [7, 11) is 0. The number of hydrogen-bond donors (Lipinski definition) is 1. The molecule has 1 N–H and O–H groups in total. The van der Waals surface area contributed by atoms with Crippen LogP contribution in [0, 0.1) is 0 Å². The lowest BCUT2D eigenvalue weighted by molar-refractivity contribution is -0.143. The van der Waals surface area contributed by atoms with E-state index in [0.29, 0.717) is 6.42 Å². The Labute approximate surface area is 111 Å². The van der Waals surface area contributed by atoms with Gasteiger partial charge < -0.3 is 9.84 Å². The first kappa shape index (κ1) is 13.5. The number of hydrogen-bond acceptors (Lipinski definition) is 4. The fourth-order valence-electron chi connectivity index (χ4n) is 2.13. The molecule has 4 nitrogen and oxygen atoms in total. The topological polar surface area (TPSA) is 49.8 Å². The second kappa shape index (κ2) is 5.82. The minimum atomic E-state index is -0.771. The van der Waals surface area contributed by atoms with Gasteiger partial charge in [0.1, 0.15) is 5.41 Å². The number of thiophene rings is 1. The van der Waals surface area contributed by atoms with Crippen molar-refractivity contribution < 1.29 is 14.6 Å². The first-order chi connectivity index (χ1) is 8.63. The minimum absolute atomic E-state index is 0.642. The number of aliphatic carboxylic acids is 1. The number of nitrogens with zero attached hydrogens (tertiary/aromatic N) is 1. The molecule has 2 rings (SSSR count). The molecular weight excluding hydrogens is 250 g/mol.